The molecule has 2 nitrogen and oxygen atoms in total. The fraction of sp³-hybridized carbons (Fsp3) is 0.483. The number of rotatable bonds is 4. The number of hydrogen-bond acceptors (Lipinski definition) is 2. The third kappa shape index (κ3) is 4.12. The summed E-state index contributed by atoms with van der Waals surface area (Å²) in [6, 6.07) is 17.1. The normalized spacial score (nSPS) is 24.8. The molecule has 0 heterocycles. The van der Waals surface area contributed by atoms with Gasteiger partial charge in [-0.15, -0.1) is 0 Å². The summed E-state index contributed by atoms with van der Waals surface area (Å²) >= 11 is 0. The second-order valence-corrected chi connectivity index (χ2v) is 16.0. The first-order valence-corrected chi connectivity index (χ1v) is 15.1. The summed E-state index contributed by atoms with van der Waals surface area (Å²) in [5, 5.41) is 0.180. The van der Waals surface area contributed by atoms with Crippen LogP contribution in [0.15, 0.2) is 54.1 Å². The Morgan fingerprint density at radius 2 is 1.84 bits per heavy atom. The average molecular weight is 447 g/mol. The standard InChI is InChI=1S/C29H38O2Si/c1-7-29-20-23(17-21-11-9-8-10-12-21)27(30)19-24(29)14-13-22-18-25(15-16-26(22)29)31-32(5,6)28(2,3)4/h8-12,15-18,24H,7,13-14,19-20H2,1-6H3. The van der Waals surface area contributed by atoms with Gasteiger partial charge in [-0.05, 0) is 90.2 Å². The number of benzene rings is 2. The number of hydrogen-bond donors (Lipinski definition) is 0. The molecule has 0 aromatic heterocycles. The van der Waals surface area contributed by atoms with Crippen molar-refractivity contribution in [2.45, 2.75) is 83.3 Å². The van der Waals surface area contributed by atoms with Crippen molar-refractivity contribution in [3.8, 4) is 5.75 Å². The van der Waals surface area contributed by atoms with Gasteiger partial charge in [0.1, 0.15) is 5.75 Å². The number of carbonyl (C=O) groups excluding carboxylic acids is 1. The molecule has 32 heavy (non-hydrogen) atoms. The van der Waals surface area contributed by atoms with Crippen LogP contribution in [0.1, 0.15) is 70.1 Å². The van der Waals surface area contributed by atoms with Crippen LogP contribution in [0.4, 0.5) is 0 Å². The molecule has 170 valence electrons. The van der Waals surface area contributed by atoms with Crippen LogP contribution in [0.5, 0.6) is 5.75 Å². The molecule has 1 fully saturated rings. The average Bonchev–Trinajstić information content (AvgIpc) is 2.74. The third-order valence-corrected chi connectivity index (χ3v) is 12.8. The molecule has 0 amide bonds. The van der Waals surface area contributed by atoms with Crippen LogP contribution in [0.3, 0.4) is 0 Å². The first-order valence-electron chi connectivity index (χ1n) is 12.2. The van der Waals surface area contributed by atoms with Crippen molar-refractivity contribution in [2.24, 2.45) is 5.92 Å². The van der Waals surface area contributed by atoms with Crippen LogP contribution in [0, 0.1) is 5.92 Å². The minimum Gasteiger partial charge on any atom is -0.543 e. The Bertz CT molecular complexity index is 1030. The number of aryl methyl sites for hydroxylation is 1. The SMILES string of the molecule is CCC12CC(=Cc3ccccc3)C(=O)CC1CCc1cc(O[Si](C)(C)C(C)(C)C)ccc12. The molecule has 4 rings (SSSR count). The van der Waals surface area contributed by atoms with Gasteiger partial charge in [0, 0.05) is 11.8 Å². The Hall–Kier alpha value is -2.13. The van der Waals surface area contributed by atoms with E-state index < -0.39 is 8.32 Å². The maximum atomic E-state index is 13.0. The van der Waals surface area contributed by atoms with Crippen LogP contribution >= 0.6 is 0 Å². The number of carbonyl (C=O) groups is 1. The molecule has 3 heteroatoms. The van der Waals surface area contributed by atoms with Crippen molar-refractivity contribution < 1.29 is 9.22 Å². The van der Waals surface area contributed by atoms with E-state index >= 15 is 0 Å². The molecular formula is C29H38O2Si. The highest BCUT2D eigenvalue weighted by atomic mass is 28.4. The van der Waals surface area contributed by atoms with Gasteiger partial charge in [-0.1, -0.05) is 64.1 Å². The molecule has 0 radical (unpaired) electrons. The Kier molecular flexibility index (Phi) is 6.00. The molecule has 2 atom stereocenters. The topological polar surface area (TPSA) is 26.3 Å². The van der Waals surface area contributed by atoms with Crippen molar-refractivity contribution in [2.75, 3.05) is 0 Å². The van der Waals surface area contributed by atoms with E-state index in [0.717, 1.165) is 42.6 Å². The third-order valence-electron chi connectivity index (χ3n) is 8.40. The predicted molar refractivity (Wildman–Crippen MR) is 137 cm³/mol. The van der Waals surface area contributed by atoms with Gasteiger partial charge in [-0.25, -0.2) is 0 Å². The lowest BCUT2D eigenvalue weighted by atomic mass is 9.55. The summed E-state index contributed by atoms with van der Waals surface area (Å²) < 4.78 is 6.63. The summed E-state index contributed by atoms with van der Waals surface area (Å²) in [5.74, 6) is 1.80. The van der Waals surface area contributed by atoms with E-state index in [0.29, 0.717) is 18.1 Å². The zero-order valence-corrected chi connectivity index (χ0v) is 21.6. The Labute approximate surface area is 195 Å². The van der Waals surface area contributed by atoms with E-state index in [-0.39, 0.29) is 10.5 Å². The lowest BCUT2D eigenvalue weighted by Gasteiger charge is -2.49. The summed E-state index contributed by atoms with van der Waals surface area (Å²) in [7, 11) is -1.87. The molecule has 2 aliphatic carbocycles. The molecule has 0 N–H and O–H groups in total. The summed E-state index contributed by atoms with van der Waals surface area (Å²) in [5.41, 5.74) is 5.04. The molecule has 0 saturated heterocycles. The van der Waals surface area contributed by atoms with Gasteiger partial charge in [0.25, 0.3) is 0 Å². The quantitative estimate of drug-likeness (QED) is 0.355. The Morgan fingerprint density at radius 3 is 2.50 bits per heavy atom. The van der Waals surface area contributed by atoms with Crippen LogP contribution in [-0.2, 0) is 16.6 Å². The fourth-order valence-electron chi connectivity index (χ4n) is 5.42. The summed E-state index contributed by atoms with van der Waals surface area (Å²) in [6.45, 7) is 13.8. The Balaban J connectivity index is 1.70. The molecule has 0 aliphatic heterocycles. The lowest BCUT2D eigenvalue weighted by Crippen LogP contribution is -2.45. The van der Waals surface area contributed by atoms with Gasteiger partial charge in [-0.3, -0.25) is 4.79 Å². The fourth-order valence-corrected chi connectivity index (χ4v) is 6.44. The van der Waals surface area contributed by atoms with Crippen molar-refractivity contribution in [3.63, 3.8) is 0 Å². The first kappa shape index (κ1) is 23.0. The minimum absolute atomic E-state index is 0.0532. The first-order chi connectivity index (χ1) is 15.1. The monoisotopic (exact) mass is 446 g/mol. The second-order valence-electron chi connectivity index (χ2n) is 11.3. The highest BCUT2D eigenvalue weighted by Crippen LogP contribution is 2.53. The molecule has 2 aromatic carbocycles. The largest absolute Gasteiger partial charge is 0.543 e. The zero-order valence-electron chi connectivity index (χ0n) is 20.6. The minimum atomic E-state index is -1.87. The molecule has 1 saturated carbocycles. The van der Waals surface area contributed by atoms with Crippen molar-refractivity contribution in [1.29, 1.82) is 0 Å². The summed E-state index contributed by atoms with van der Waals surface area (Å²) in [6.07, 6.45) is 6.84. The molecular weight excluding hydrogens is 408 g/mol. The highest BCUT2D eigenvalue weighted by Gasteiger charge is 2.48. The van der Waals surface area contributed by atoms with E-state index in [9.17, 15) is 4.79 Å². The van der Waals surface area contributed by atoms with Gasteiger partial charge < -0.3 is 4.43 Å². The highest BCUT2D eigenvalue weighted by molar-refractivity contribution is 6.74. The van der Waals surface area contributed by atoms with Gasteiger partial charge in [0.15, 0.2) is 5.78 Å². The molecule has 0 bridgehead atoms. The molecule has 2 aliphatic rings. The van der Waals surface area contributed by atoms with Gasteiger partial charge in [0.05, 0.1) is 0 Å². The molecule has 2 unspecified atom stereocenters. The molecule has 2 aromatic rings. The van der Waals surface area contributed by atoms with Gasteiger partial charge in [-0.2, -0.15) is 0 Å². The van der Waals surface area contributed by atoms with E-state index in [4.69, 9.17) is 4.43 Å². The summed E-state index contributed by atoms with van der Waals surface area (Å²) in [4.78, 5) is 13.0. The van der Waals surface area contributed by atoms with Crippen molar-refractivity contribution in [1.82, 2.24) is 0 Å². The zero-order chi connectivity index (χ0) is 23.1. The maximum absolute atomic E-state index is 13.0. The number of allylic oxidation sites excluding steroid dienone is 1. The maximum Gasteiger partial charge on any atom is 0.250 e. The number of fused-ring (bicyclic) bond motifs is 3. The lowest BCUT2D eigenvalue weighted by molar-refractivity contribution is -0.119. The second kappa shape index (κ2) is 8.33. The van der Waals surface area contributed by atoms with E-state index in [2.05, 4.69) is 77.2 Å². The van der Waals surface area contributed by atoms with E-state index in [1.807, 2.05) is 18.2 Å². The van der Waals surface area contributed by atoms with Crippen molar-refractivity contribution >= 4 is 20.2 Å². The van der Waals surface area contributed by atoms with E-state index in [1.165, 1.54) is 11.1 Å². The van der Waals surface area contributed by atoms with Gasteiger partial charge in [0.2, 0.25) is 8.32 Å². The number of ketones is 1. The van der Waals surface area contributed by atoms with Crippen molar-refractivity contribution in [3.05, 3.63) is 70.8 Å². The van der Waals surface area contributed by atoms with E-state index in [1.54, 1.807) is 0 Å². The van der Waals surface area contributed by atoms with Crippen LogP contribution in [-0.4, -0.2) is 14.1 Å². The van der Waals surface area contributed by atoms with Crippen LogP contribution in [0.25, 0.3) is 6.08 Å². The van der Waals surface area contributed by atoms with Gasteiger partial charge >= 0.3 is 0 Å². The predicted octanol–water partition coefficient (Wildman–Crippen LogP) is 7.73. The Morgan fingerprint density at radius 1 is 1.12 bits per heavy atom. The van der Waals surface area contributed by atoms with Crippen LogP contribution < -0.4 is 4.43 Å². The number of Topliss-reactive ketones (excluding diaryl/α,β-unsaturated/α-hetero) is 1. The molecule has 0 spiro atoms. The van der Waals surface area contributed by atoms with Crippen LogP contribution in [0.2, 0.25) is 18.1 Å². The smallest absolute Gasteiger partial charge is 0.250 e.